The molecule has 0 fully saturated rings. The van der Waals surface area contributed by atoms with Crippen molar-refractivity contribution in [2.75, 3.05) is 0 Å². The van der Waals surface area contributed by atoms with Crippen molar-refractivity contribution in [3.8, 4) is 6.07 Å². The van der Waals surface area contributed by atoms with Crippen molar-refractivity contribution in [2.45, 2.75) is 23.5 Å². The first kappa shape index (κ1) is 9.08. The molecule has 0 N–H and O–H groups in total. The van der Waals surface area contributed by atoms with Gasteiger partial charge in [0.15, 0.2) is 0 Å². The summed E-state index contributed by atoms with van der Waals surface area (Å²) in [5, 5.41) is 8.80. The summed E-state index contributed by atoms with van der Waals surface area (Å²) in [5.41, 5.74) is 0. The summed E-state index contributed by atoms with van der Waals surface area (Å²) in [6.45, 7) is 2.05. The summed E-state index contributed by atoms with van der Waals surface area (Å²) in [4.78, 5) is 5.09. The van der Waals surface area contributed by atoms with E-state index in [-0.39, 0.29) is 0 Å². The molecule has 0 aliphatic carbocycles. The molecule has 12 heavy (non-hydrogen) atoms. The average molecular weight is 178 g/mol. The fourth-order valence-electron chi connectivity index (χ4n) is 0.819. The molecule has 0 radical (unpaired) electrons. The molecule has 0 aliphatic heterocycles. The molecule has 1 rings (SSSR count). The van der Waals surface area contributed by atoms with Crippen LogP contribution >= 0.6 is 11.8 Å². The molecule has 1 atom stereocenters. The molecule has 2 nitrogen and oxygen atoms in total. The Morgan fingerprint density at radius 2 is 2.25 bits per heavy atom. The third kappa shape index (κ3) is 2.93. The van der Waals surface area contributed by atoms with Gasteiger partial charge in [-0.25, -0.2) is 0 Å². The number of nitrogens with zero attached hydrogens (tertiary/aromatic N) is 2. The topological polar surface area (TPSA) is 36.7 Å². The standard InChI is InChI=1S/C9H10N2S/c1-8(2-5-10)12-9-3-6-11-7-4-9/h3-4,6-8H,2H2,1H3. The van der Waals surface area contributed by atoms with Crippen LogP contribution in [0.25, 0.3) is 0 Å². The van der Waals surface area contributed by atoms with E-state index >= 15 is 0 Å². The van der Waals surface area contributed by atoms with E-state index in [9.17, 15) is 0 Å². The molecular formula is C9H10N2S. The van der Waals surface area contributed by atoms with Crippen molar-refractivity contribution in [2.24, 2.45) is 0 Å². The summed E-state index contributed by atoms with van der Waals surface area (Å²) in [6, 6.07) is 6.07. The van der Waals surface area contributed by atoms with E-state index in [0.29, 0.717) is 11.7 Å². The molecule has 0 saturated carbocycles. The molecule has 0 aliphatic rings. The Balaban J connectivity index is 2.48. The Labute approximate surface area is 76.6 Å². The Morgan fingerprint density at radius 1 is 1.58 bits per heavy atom. The molecule has 1 heterocycles. The lowest BCUT2D eigenvalue weighted by Gasteiger charge is -2.05. The zero-order valence-corrected chi connectivity index (χ0v) is 7.71. The van der Waals surface area contributed by atoms with E-state index in [1.165, 1.54) is 4.90 Å². The highest BCUT2D eigenvalue weighted by Crippen LogP contribution is 2.23. The first-order valence-corrected chi connectivity index (χ1v) is 4.64. The number of rotatable bonds is 3. The van der Waals surface area contributed by atoms with Gasteiger partial charge in [0.25, 0.3) is 0 Å². The maximum atomic E-state index is 8.44. The van der Waals surface area contributed by atoms with E-state index in [4.69, 9.17) is 5.26 Å². The number of pyridine rings is 1. The van der Waals surface area contributed by atoms with Crippen LogP contribution in [0.5, 0.6) is 0 Å². The van der Waals surface area contributed by atoms with Crippen LogP contribution in [0.3, 0.4) is 0 Å². The second-order valence-corrected chi connectivity index (χ2v) is 3.99. The summed E-state index contributed by atoms with van der Waals surface area (Å²) in [6.07, 6.45) is 4.12. The molecule has 0 amide bonds. The minimum Gasteiger partial charge on any atom is -0.265 e. The fourth-order valence-corrected chi connectivity index (χ4v) is 1.72. The predicted molar refractivity (Wildman–Crippen MR) is 49.8 cm³/mol. The van der Waals surface area contributed by atoms with Crippen LogP contribution in [-0.4, -0.2) is 10.2 Å². The quantitative estimate of drug-likeness (QED) is 0.667. The van der Waals surface area contributed by atoms with Gasteiger partial charge in [-0.3, -0.25) is 4.98 Å². The van der Waals surface area contributed by atoms with Gasteiger partial charge in [0, 0.05) is 29.0 Å². The fraction of sp³-hybridized carbons (Fsp3) is 0.333. The first-order chi connectivity index (χ1) is 5.83. The van der Waals surface area contributed by atoms with Crippen molar-refractivity contribution in [1.82, 2.24) is 4.98 Å². The maximum absolute atomic E-state index is 8.44. The largest absolute Gasteiger partial charge is 0.265 e. The van der Waals surface area contributed by atoms with Crippen molar-refractivity contribution in [3.63, 3.8) is 0 Å². The molecule has 0 spiro atoms. The molecule has 1 aromatic heterocycles. The van der Waals surface area contributed by atoms with Crippen molar-refractivity contribution in [1.29, 1.82) is 5.26 Å². The molecule has 1 aromatic rings. The van der Waals surface area contributed by atoms with Crippen molar-refractivity contribution < 1.29 is 0 Å². The van der Waals surface area contributed by atoms with Gasteiger partial charge in [-0.2, -0.15) is 5.26 Å². The molecule has 0 bridgehead atoms. The lowest BCUT2D eigenvalue weighted by Crippen LogP contribution is -1.92. The molecule has 0 saturated heterocycles. The van der Waals surface area contributed by atoms with E-state index < -0.39 is 0 Å². The van der Waals surface area contributed by atoms with E-state index in [1.807, 2.05) is 19.1 Å². The predicted octanol–water partition coefficient (Wildman–Crippen LogP) is 2.48. The maximum Gasteiger partial charge on any atom is 0.0633 e. The van der Waals surface area contributed by atoms with Crippen LogP contribution in [0, 0.1) is 11.3 Å². The number of hydrogen-bond donors (Lipinski definition) is 0. The second kappa shape index (κ2) is 4.78. The van der Waals surface area contributed by atoms with Crippen LogP contribution in [-0.2, 0) is 0 Å². The molecule has 1 unspecified atom stereocenters. The third-order valence-electron chi connectivity index (χ3n) is 1.37. The molecule has 62 valence electrons. The van der Waals surface area contributed by atoms with Gasteiger partial charge in [0.1, 0.15) is 0 Å². The highest BCUT2D eigenvalue weighted by molar-refractivity contribution is 7.99. The SMILES string of the molecule is CC(CC#N)Sc1ccncc1. The van der Waals surface area contributed by atoms with Crippen LogP contribution in [0.15, 0.2) is 29.4 Å². The van der Waals surface area contributed by atoms with Gasteiger partial charge in [0.2, 0.25) is 0 Å². The molecule has 3 heteroatoms. The smallest absolute Gasteiger partial charge is 0.0633 e. The zero-order chi connectivity index (χ0) is 8.81. The average Bonchev–Trinajstić information content (AvgIpc) is 2.06. The number of thioether (sulfide) groups is 1. The third-order valence-corrected chi connectivity index (χ3v) is 2.48. The summed E-state index contributed by atoms with van der Waals surface area (Å²) in [5.74, 6) is 0. The van der Waals surface area contributed by atoms with Gasteiger partial charge in [-0.15, -0.1) is 11.8 Å². The van der Waals surface area contributed by atoms with Crippen molar-refractivity contribution in [3.05, 3.63) is 24.5 Å². The van der Waals surface area contributed by atoms with E-state index in [0.717, 1.165) is 0 Å². The van der Waals surface area contributed by atoms with Gasteiger partial charge >= 0.3 is 0 Å². The summed E-state index contributed by atoms with van der Waals surface area (Å²) < 4.78 is 0. The highest BCUT2D eigenvalue weighted by atomic mass is 32.2. The highest BCUT2D eigenvalue weighted by Gasteiger charge is 2.02. The Bertz CT molecular complexity index is 266. The number of aromatic nitrogens is 1. The van der Waals surface area contributed by atoms with Crippen LogP contribution in [0.1, 0.15) is 13.3 Å². The van der Waals surface area contributed by atoms with Crippen LogP contribution < -0.4 is 0 Å². The molecular weight excluding hydrogens is 168 g/mol. The van der Waals surface area contributed by atoms with Gasteiger partial charge < -0.3 is 0 Å². The van der Waals surface area contributed by atoms with Crippen LogP contribution in [0.2, 0.25) is 0 Å². The Hall–Kier alpha value is -1.01. The zero-order valence-electron chi connectivity index (χ0n) is 6.90. The van der Waals surface area contributed by atoms with E-state index in [1.54, 1.807) is 24.2 Å². The Morgan fingerprint density at radius 3 is 2.83 bits per heavy atom. The lowest BCUT2D eigenvalue weighted by molar-refractivity contribution is 0.989. The van der Waals surface area contributed by atoms with Crippen molar-refractivity contribution >= 4 is 11.8 Å². The number of nitriles is 1. The normalized spacial score (nSPS) is 12.0. The minimum atomic E-state index is 0.359. The molecule has 0 aromatic carbocycles. The second-order valence-electron chi connectivity index (χ2n) is 2.47. The van der Waals surface area contributed by atoms with Gasteiger partial charge in [-0.1, -0.05) is 6.92 Å². The monoisotopic (exact) mass is 178 g/mol. The summed E-state index contributed by atoms with van der Waals surface area (Å²) in [7, 11) is 0. The van der Waals surface area contributed by atoms with Crippen LogP contribution in [0.4, 0.5) is 0 Å². The van der Waals surface area contributed by atoms with Gasteiger partial charge in [0.05, 0.1) is 6.07 Å². The number of hydrogen-bond acceptors (Lipinski definition) is 3. The minimum absolute atomic E-state index is 0.359. The van der Waals surface area contributed by atoms with E-state index in [2.05, 4.69) is 11.1 Å². The Kier molecular flexibility index (Phi) is 3.62. The van der Waals surface area contributed by atoms with Gasteiger partial charge in [-0.05, 0) is 12.1 Å². The summed E-state index contributed by atoms with van der Waals surface area (Å²) >= 11 is 1.71. The lowest BCUT2D eigenvalue weighted by atomic mass is 10.4. The first-order valence-electron chi connectivity index (χ1n) is 3.76.